The van der Waals surface area contributed by atoms with E-state index in [-0.39, 0.29) is 17.3 Å². The van der Waals surface area contributed by atoms with Crippen LogP contribution >= 0.6 is 0 Å². The van der Waals surface area contributed by atoms with Gasteiger partial charge in [0.15, 0.2) is 9.84 Å². The molecule has 0 radical (unpaired) electrons. The minimum absolute atomic E-state index is 0.0916. The van der Waals surface area contributed by atoms with Gasteiger partial charge in [-0.25, -0.2) is 8.42 Å². The SMILES string of the molecule is CS(=O)(=O)c1ccc(NC(=O)C=C2CCCOc3cc(C(F)(F)F)ccc32)cc1. The monoisotopic (exact) mass is 425 g/mol. The summed E-state index contributed by atoms with van der Waals surface area (Å²) in [5.41, 5.74) is 0.597. The quantitative estimate of drug-likeness (QED) is 0.744. The van der Waals surface area contributed by atoms with E-state index in [1.54, 1.807) is 0 Å². The third-order valence-corrected chi connectivity index (χ3v) is 5.49. The van der Waals surface area contributed by atoms with Gasteiger partial charge in [0.1, 0.15) is 5.75 Å². The molecule has 3 rings (SSSR count). The average molecular weight is 425 g/mol. The molecule has 0 aliphatic carbocycles. The van der Waals surface area contributed by atoms with Crippen molar-refractivity contribution in [3.05, 3.63) is 59.7 Å². The molecule has 1 aliphatic heterocycles. The van der Waals surface area contributed by atoms with Gasteiger partial charge in [-0.3, -0.25) is 4.79 Å². The van der Waals surface area contributed by atoms with E-state index in [0.29, 0.717) is 29.7 Å². The number of hydrogen-bond acceptors (Lipinski definition) is 4. The summed E-state index contributed by atoms with van der Waals surface area (Å²) in [6.07, 6.45) is -1.05. The number of carbonyl (C=O) groups excluding carboxylic acids is 1. The Morgan fingerprint density at radius 2 is 1.83 bits per heavy atom. The molecule has 9 heteroatoms. The average Bonchev–Trinajstić information content (AvgIpc) is 2.82. The van der Waals surface area contributed by atoms with Gasteiger partial charge in [-0.2, -0.15) is 13.2 Å². The van der Waals surface area contributed by atoms with Gasteiger partial charge in [0.05, 0.1) is 17.1 Å². The van der Waals surface area contributed by atoms with Crippen molar-refractivity contribution in [2.45, 2.75) is 23.9 Å². The van der Waals surface area contributed by atoms with E-state index in [4.69, 9.17) is 4.74 Å². The molecule has 154 valence electrons. The van der Waals surface area contributed by atoms with E-state index in [2.05, 4.69) is 5.32 Å². The van der Waals surface area contributed by atoms with E-state index in [0.717, 1.165) is 18.4 Å². The molecule has 0 bridgehead atoms. The molecule has 0 fully saturated rings. The van der Waals surface area contributed by atoms with Crippen molar-refractivity contribution in [3.63, 3.8) is 0 Å². The standard InChI is InChI=1S/C20H18F3NO4S/c1-29(26,27)16-7-5-15(6-8-16)24-19(25)11-13-3-2-10-28-18-12-14(20(21,22)23)4-9-17(13)18/h4-9,11-12H,2-3,10H2,1H3,(H,24,25). The number of allylic oxidation sites excluding steroid dienone is 1. The number of halogens is 3. The maximum absolute atomic E-state index is 12.9. The number of rotatable bonds is 3. The molecular weight excluding hydrogens is 407 g/mol. The zero-order chi connectivity index (χ0) is 21.2. The van der Waals surface area contributed by atoms with Crippen LogP contribution in [0.4, 0.5) is 18.9 Å². The first kappa shape index (κ1) is 20.9. The second-order valence-electron chi connectivity index (χ2n) is 6.62. The van der Waals surface area contributed by atoms with Gasteiger partial charge in [-0.1, -0.05) is 6.07 Å². The largest absolute Gasteiger partial charge is 0.493 e. The molecule has 2 aromatic rings. The normalized spacial score (nSPS) is 15.9. The van der Waals surface area contributed by atoms with E-state index in [9.17, 15) is 26.4 Å². The van der Waals surface area contributed by atoms with E-state index in [1.165, 1.54) is 36.4 Å². The number of hydrogen-bond donors (Lipinski definition) is 1. The van der Waals surface area contributed by atoms with Crippen LogP contribution in [0.25, 0.3) is 5.57 Å². The summed E-state index contributed by atoms with van der Waals surface area (Å²) in [6, 6.07) is 8.90. The second-order valence-corrected chi connectivity index (χ2v) is 8.63. The summed E-state index contributed by atoms with van der Waals surface area (Å²) in [6.45, 7) is 0.250. The Morgan fingerprint density at radius 1 is 1.14 bits per heavy atom. The van der Waals surface area contributed by atoms with Crippen molar-refractivity contribution in [1.29, 1.82) is 0 Å². The number of benzene rings is 2. The first-order valence-corrected chi connectivity index (χ1v) is 10.6. The van der Waals surface area contributed by atoms with Gasteiger partial charge in [0.25, 0.3) is 0 Å². The van der Waals surface area contributed by atoms with Crippen molar-refractivity contribution in [3.8, 4) is 5.75 Å². The fourth-order valence-corrected chi connectivity index (χ4v) is 3.57. The van der Waals surface area contributed by atoms with Gasteiger partial charge >= 0.3 is 6.18 Å². The topological polar surface area (TPSA) is 72.5 Å². The van der Waals surface area contributed by atoms with Crippen LogP contribution in [0, 0.1) is 0 Å². The van der Waals surface area contributed by atoms with Crippen LogP contribution in [0.1, 0.15) is 24.0 Å². The Balaban J connectivity index is 1.84. The number of alkyl halides is 3. The fraction of sp³-hybridized carbons (Fsp3) is 0.250. The van der Waals surface area contributed by atoms with Gasteiger partial charge < -0.3 is 10.1 Å². The van der Waals surface area contributed by atoms with Crippen molar-refractivity contribution in [2.24, 2.45) is 0 Å². The molecule has 0 saturated carbocycles. The Morgan fingerprint density at radius 3 is 2.45 bits per heavy atom. The van der Waals surface area contributed by atoms with Crippen LogP contribution < -0.4 is 10.1 Å². The highest BCUT2D eigenvalue weighted by Gasteiger charge is 2.32. The summed E-state index contributed by atoms with van der Waals surface area (Å²) in [7, 11) is -3.34. The number of anilines is 1. The predicted molar refractivity (Wildman–Crippen MR) is 102 cm³/mol. The molecule has 2 aromatic carbocycles. The first-order chi connectivity index (χ1) is 13.5. The van der Waals surface area contributed by atoms with Crippen molar-refractivity contribution in [2.75, 3.05) is 18.2 Å². The molecule has 1 amide bonds. The van der Waals surface area contributed by atoms with E-state index < -0.39 is 27.5 Å². The summed E-state index contributed by atoms with van der Waals surface area (Å²) in [5.74, 6) is -0.381. The van der Waals surface area contributed by atoms with E-state index in [1.807, 2.05) is 0 Å². The summed E-state index contributed by atoms with van der Waals surface area (Å²) >= 11 is 0. The highest BCUT2D eigenvalue weighted by Crippen LogP contribution is 2.38. The Labute approximate surface area is 166 Å². The number of fused-ring (bicyclic) bond motifs is 1. The third kappa shape index (κ3) is 5.17. The molecule has 1 N–H and O–H groups in total. The van der Waals surface area contributed by atoms with E-state index >= 15 is 0 Å². The second kappa shape index (κ2) is 7.90. The lowest BCUT2D eigenvalue weighted by atomic mass is 9.99. The lowest BCUT2D eigenvalue weighted by Crippen LogP contribution is -2.09. The molecular formula is C20H18F3NO4S. The molecule has 0 aromatic heterocycles. The fourth-order valence-electron chi connectivity index (χ4n) is 2.93. The van der Waals surface area contributed by atoms with Crippen molar-refractivity contribution < 1.29 is 31.1 Å². The van der Waals surface area contributed by atoms with Gasteiger partial charge in [0, 0.05) is 23.6 Å². The molecule has 0 atom stereocenters. The summed E-state index contributed by atoms with van der Waals surface area (Å²) in [5, 5.41) is 2.62. The lowest BCUT2D eigenvalue weighted by molar-refractivity contribution is -0.137. The third-order valence-electron chi connectivity index (χ3n) is 4.36. The van der Waals surface area contributed by atoms with Crippen LogP contribution in [0.15, 0.2) is 53.4 Å². The zero-order valence-electron chi connectivity index (χ0n) is 15.4. The molecule has 0 saturated heterocycles. The Kier molecular flexibility index (Phi) is 5.70. The maximum Gasteiger partial charge on any atom is 0.416 e. The molecule has 0 spiro atoms. The van der Waals surface area contributed by atoms with Gasteiger partial charge in [-0.15, -0.1) is 0 Å². The molecule has 0 unspecified atom stereocenters. The minimum Gasteiger partial charge on any atom is -0.493 e. The number of ether oxygens (including phenoxy) is 1. The van der Waals surface area contributed by atoms with Gasteiger partial charge in [-0.05, 0) is 54.8 Å². The lowest BCUT2D eigenvalue weighted by Gasteiger charge is -2.13. The highest BCUT2D eigenvalue weighted by atomic mass is 32.2. The maximum atomic E-state index is 12.9. The highest BCUT2D eigenvalue weighted by molar-refractivity contribution is 7.90. The van der Waals surface area contributed by atoms with Crippen LogP contribution in [0.5, 0.6) is 5.75 Å². The first-order valence-electron chi connectivity index (χ1n) is 8.70. The van der Waals surface area contributed by atoms with Crippen LogP contribution in [0.2, 0.25) is 0 Å². The van der Waals surface area contributed by atoms with Crippen molar-refractivity contribution in [1.82, 2.24) is 0 Å². The predicted octanol–water partition coefficient (Wildman–Crippen LogP) is 4.30. The summed E-state index contributed by atoms with van der Waals surface area (Å²) in [4.78, 5) is 12.5. The van der Waals surface area contributed by atoms with Crippen LogP contribution in [0.3, 0.4) is 0 Å². The number of amides is 1. The smallest absolute Gasteiger partial charge is 0.416 e. The Bertz CT molecular complexity index is 1060. The van der Waals surface area contributed by atoms with Crippen LogP contribution in [-0.2, 0) is 20.8 Å². The number of carbonyl (C=O) groups is 1. The van der Waals surface area contributed by atoms with Crippen molar-refractivity contribution >= 4 is 27.0 Å². The molecule has 29 heavy (non-hydrogen) atoms. The van der Waals surface area contributed by atoms with Gasteiger partial charge in [0.2, 0.25) is 5.91 Å². The van der Waals surface area contributed by atoms with Crippen LogP contribution in [-0.4, -0.2) is 27.2 Å². The number of sulfone groups is 1. The minimum atomic E-state index is -4.48. The number of nitrogens with one attached hydrogen (secondary N) is 1. The molecule has 1 heterocycles. The molecule has 1 aliphatic rings. The molecule has 5 nitrogen and oxygen atoms in total. The zero-order valence-corrected chi connectivity index (χ0v) is 16.2. The Hall–Kier alpha value is -2.81. The summed E-state index contributed by atoms with van der Waals surface area (Å²) < 4.78 is 67.2.